The molecule has 0 saturated carbocycles. The summed E-state index contributed by atoms with van der Waals surface area (Å²) in [4.78, 5) is 59.7. The molecular formula is C69H79I9O23. The Morgan fingerprint density at radius 1 is 0.416 bits per heavy atom. The van der Waals surface area contributed by atoms with Gasteiger partial charge in [0.2, 0.25) is 5.75 Å². The van der Waals surface area contributed by atoms with E-state index >= 15 is 0 Å². The molecule has 101 heavy (non-hydrogen) atoms. The van der Waals surface area contributed by atoms with Crippen molar-refractivity contribution in [3.8, 4) is 80.5 Å². The number of phenols is 2. The van der Waals surface area contributed by atoms with E-state index in [9.17, 15) is 34.2 Å². The molecule has 0 spiro atoms. The van der Waals surface area contributed by atoms with Crippen molar-refractivity contribution in [2.45, 2.75) is 114 Å². The van der Waals surface area contributed by atoms with Crippen molar-refractivity contribution >= 4 is 246 Å². The van der Waals surface area contributed by atoms with Crippen molar-refractivity contribution in [3.05, 3.63) is 123 Å². The second kappa shape index (κ2) is 45.8. The maximum atomic E-state index is 12.3. The average Bonchev–Trinajstić information content (AvgIpc) is 0.810. The van der Waals surface area contributed by atoms with Crippen molar-refractivity contribution in [1.29, 1.82) is 0 Å². The Hall–Kier alpha value is -3.56. The zero-order chi connectivity index (χ0) is 77.9. The second-order valence-corrected chi connectivity index (χ2v) is 31.8. The predicted octanol–water partition coefficient (Wildman–Crippen LogP) is 20.2. The van der Waals surface area contributed by atoms with Gasteiger partial charge in [-0.25, -0.2) is 24.0 Å². The van der Waals surface area contributed by atoms with Crippen LogP contribution in [0, 0.1) is 32.1 Å². The van der Waals surface area contributed by atoms with Gasteiger partial charge in [0.15, 0.2) is 52.8 Å². The third kappa shape index (κ3) is 31.0. The summed E-state index contributed by atoms with van der Waals surface area (Å²) in [5.74, 6) is 2.08. The zero-order valence-electron chi connectivity index (χ0n) is 58.5. The van der Waals surface area contributed by atoms with Crippen LogP contribution in [-0.2, 0) is 33.3 Å². The molecule has 0 aromatic heterocycles. The Labute approximate surface area is 712 Å². The number of methoxy groups -OCH3 is 5. The summed E-state index contributed by atoms with van der Waals surface area (Å²) in [6.07, 6.45) is 0.575. The van der Waals surface area contributed by atoms with Gasteiger partial charge in [0.25, 0.3) is 0 Å². The minimum Gasteiger partial charge on any atom is -0.506 e. The van der Waals surface area contributed by atoms with Crippen LogP contribution in [0.5, 0.6) is 80.5 Å². The number of phenolic OH excluding ortho intramolecular Hbond substituents is 2. The molecule has 2 unspecified atom stereocenters. The molecule has 0 aliphatic rings. The van der Waals surface area contributed by atoms with Gasteiger partial charge in [-0.05, 0) is 305 Å². The van der Waals surface area contributed by atoms with Crippen LogP contribution in [-0.4, -0.2) is 113 Å². The Bertz CT molecular complexity index is 3820. The van der Waals surface area contributed by atoms with Gasteiger partial charge >= 0.3 is 30.2 Å². The fourth-order valence-electron chi connectivity index (χ4n) is 6.91. The van der Waals surface area contributed by atoms with Crippen LogP contribution in [0.1, 0.15) is 101 Å². The number of halogens is 9. The quantitative estimate of drug-likeness (QED) is 0.0154. The van der Waals surface area contributed by atoms with Crippen LogP contribution in [0.4, 0.5) is 9.59 Å². The van der Waals surface area contributed by atoms with Crippen LogP contribution < -0.4 is 56.8 Å². The number of esters is 3. The number of ether oxygens (including phenoxy) is 16. The van der Waals surface area contributed by atoms with E-state index in [4.69, 9.17) is 75.8 Å². The van der Waals surface area contributed by atoms with Crippen LogP contribution in [0.2, 0.25) is 0 Å². The second-order valence-electron chi connectivity index (χ2n) is 21.7. The summed E-state index contributed by atoms with van der Waals surface area (Å²) in [7, 11) is 7.64. The van der Waals surface area contributed by atoms with Gasteiger partial charge in [0.05, 0.1) is 57.0 Å². The van der Waals surface area contributed by atoms with Crippen molar-refractivity contribution < 1.29 is 110 Å². The van der Waals surface area contributed by atoms with E-state index in [0.717, 1.165) is 44.0 Å². The van der Waals surface area contributed by atoms with E-state index in [1.165, 1.54) is 33.3 Å². The summed E-state index contributed by atoms with van der Waals surface area (Å²) in [6, 6.07) is 8.36. The topological polar surface area (TPSA) is 273 Å². The van der Waals surface area contributed by atoms with Crippen molar-refractivity contribution in [1.82, 2.24) is 0 Å². The molecule has 23 nitrogen and oxygen atoms in total. The number of hydrogen-bond acceptors (Lipinski definition) is 23. The molecule has 0 amide bonds. The molecule has 5 rings (SSSR count). The number of benzene rings is 5. The van der Waals surface area contributed by atoms with Gasteiger partial charge in [-0.2, -0.15) is 0 Å². The highest BCUT2D eigenvalue weighted by Gasteiger charge is 2.31. The third-order valence-corrected chi connectivity index (χ3v) is 19.5. The standard InChI is InChI=1S/C21H27IO9.C15H18I2O5.C13H16I2O3.C11H10I2O4.C9H8I2O2/c1-11(2)17(23)28-15-13(26-9)10-12(27-18(24)30-20(3,4)5)14(22)16(15)29-19(25)31-21(6,7)8;1-6-20-9(4)21-14-11(22-15(18)8(2)3)7-10(16)13(19-5)12(14)17;1-5-9-7-10(14)13(16-4)11(15)12(9)18-8(3)17-6-2;1-5(2)11(15)17-7-4-6(12)10(16-3)8(13)9(7)14;1-3-5-4-6(10)9(13-2)7(11)8(5)12/h10H,1H2,2-9H3;7,9H,2,6H2,1,3-5H3;5,7-8H,1,6H2,2-4H3;4,14H,1H2,2-3H3;3-4,12H,1H2,2H3. The van der Waals surface area contributed by atoms with Crippen LogP contribution in [0.15, 0.2) is 79.9 Å². The van der Waals surface area contributed by atoms with Gasteiger partial charge in [0, 0.05) is 59.3 Å². The highest BCUT2D eigenvalue weighted by molar-refractivity contribution is 14.1. The molecule has 0 fully saturated rings. The Kier molecular flexibility index (Phi) is 43.3. The normalized spacial score (nSPS) is 11.1. The summed E-state index contributed by atoms with van der Waals surface area (Å²) in [6.45, 7) is 41.2. The first-order chi connectivity index (χ1) is 46.9. The highest BCUT2D eigenvalue weighted by atomic mass is 127. The van der Waals surface area contributed by atoms with Gasteiger partial charge in [-0.15, -0.1) is 0 Å². The molecule has 0 saturated heterocycles. The molecule has 556 valence electrons. The molecule has 2 N–H and O–H groups in total. The lowest BCUT2D eigenvalue weighted by molar-refractivity contribution is -0.131. The highest BCUT2D eigenvalue weighted by Crippen LogP contribution is 2.48. The fraction of sp³-hybridized carbons (Fsp3) is 0.348. The molecule has 0 aliphatic heterocycles. The number of hydrogen-bond donors (Lipinski definition) is 2. The monoisotopic (exact) mass is 2420 g/mol. The average molecular weight is 2420 g/mol. The number of rotatable bonds is 23. The molecule has 0 bridgehead atoms. The number of aromatic hydroxyl groups is 2. The lowest BCUT2D eigenvalue weighted by atomic mass is 10.2. The summed E-state index contributed by atoms with van der Waals surface area (Å²) < 4.78 is 91.8. The first-order valence-corrected chi connectivity index (χ1v) is 38.9. The predicted molar refractivity (Wildman–Crippen MR) is 461 cm³/mol. The Morgan fingerprint density at radius 2 is 0.772 bits per heavy atom. The zero-order valence-corrected chi connectivity index (χ0v) is 77.9. The van der Waals surface area contributed by atoms with E-state index in [1.807, 2.05) is 78.1 Å². The van der Waals surface area contributed by atoms with E-state index in [1.54, 1.807) is 124 Å². The molecule has 5 aromatic carbocycles. The molecular weight excluding hydrogens is 2340 g/mol. The van der Waals surface area contributed by atoms with E-state index < -0.39 is 47.7 Å². The van der Waals surface area contributed by atoms with E-state index in [0.29, 0.717) is 54.7 Å². The first-order valence-electron chi connectivity index (χ1n) is 29.2. The van der Waals surface area contributed by atoms with Crippen LogP contribution in [0.25, 0.3) is 12.2 Å². The van der Waals surface area contributed by atoms with Crippen molar-refractivity contribution in [2.75, 3.05) is 48.8 Å². The van der Waals surface area contributed by atoms with E-state index in [-0.39, 0.29) is 61.3 Å². The molecule has 0 radical (unpaired) electrons. The third-order valence-electron chi connectivity index (χ3n) is 11.3. The molecule has 2 atom stereocenters. The van der Waals surface area contributed by atoms with Crippen LogP contribution >= 0.6 is 203 Å². The minimum atomic E-state index is -1.06. The Balaban J connectivity index is 0.000000651. The van der Waals surface area contributed by atoms with Gasteiger partial charge < -0.3 is 86.0 Å². The van der Waals surface area contributed by atoms with Gasteiger partial charge in [-0.3, -0.25) is 0 Å². The molecule has 5 aromatic rings. The largest absolute Gasteiger partial charge is 0.514 e. The van der Waals surface area contributed by atoms with Crippen LogP contribution in [0.3, 0.4) is 0 Å². The molecule has 32 heteroatoms. The SMILES string of the molecule is C=C(C)C(=O)Oc1c(OC)cc(OC(=O)OC(C)(C)C)c(I)c1OC(=O)OC(C)(C)C.C=C(C)C(=O)Oc1cc(I)c(OC)c(I)c1O.C=C(C)C(=O)Oc1cc(I)c(OC)c(I)c1OC(C)OCC.C=Cc1cc(I)c(OC)c(I)c1O.C=Cc1cc(I)c(OC)c(I)c1OC(C)OCC. The van der Waals surface area contributed by atoms with Crippen molar-refractivity contribution in [3.63, 3.8) is 0 Å². The summed E-state index contributed by atoms with van der Waals surface area (Å²) in [5, 5.41) is 19.5. The fourth-order valence-corrected chi connectivity index (χ4v) is 16.2. The summed E-state index contributed by atoms with van der Waals surface area (Å²) in [5.41, 5.74) is 0.723. The Morgan fingerprint density at radius 3 is 1.17 bits per heavy atom. The molecule has 0 heterocycles. The minimum absolute atomic E-state index is 0.0351. The van der Waals surface area contributed by atoms with Crippen molar-refractivity contribution in [2.24, 2.45) is 0 Å². The summed E-state index contributed by atoms with van der Waals surface area (Å²) >= 11 is 18.6. The lowest BCUT2D eigenvalue weighted by Crippen LogP contribution is -2.27. The first kappa shape index (κ1) is 95.5. The maximum absolute atomic E-state index is 12.3. The number of carbonyl (C=O) groups excluding carboxylic acids is 5. The van der Waals surface area contributed by atoms with E-state index in [2.05, 4.69) is 168 Å². The maximum Gasteiger partial charge on any atom is 0.514 e. The van der Waals surface area contributed by atoms with Gasteiger partial charge in [-0.1, -0.05) is 45.0 Å². The van der Waals surface area contributed by atoms with Gasteiger partial charge in [0.1, 0.15) is 56.4 Å². The molecule has 0 aliphatic carbocycles. The smallest absolute Gasteiger partial charge is 0.506 e. The number of carbonyl (C=O) groups is 5. The lowest BCUT2D eigenvalue weighted by Gasteiger charge is -2.22.